The van der Waals surface area contributed by atoms with E-state index in [-0.39, 0.29) is 29.7 Å². The van der Waals surface area contributed by atoms with Crippen LogP contribution in [0.5, 0.6) is 11.5 Å². The zero-order valence-electron chi connectivity index (χ0n) is 15.9. The molecule has 7 heteroatoms. The van der Waals surface area contributed by atoms with E-state index in [1.165, 1.54) is 24.8 Å². The first-order valence-electron chi connectivity index (χ1n) is 10.2. The summed E-state index contributed by atoms with van der Waals surface area (Å²) in [5, 5.41) is 33.2. The van der Waals surface area contributed by atoms with Gasteiger partial charge in [-0.15, -0.1) is 0 Å². The first-order chi connectivity index (χ1) is 12.5. The second kappa shape index (κ2) is 6.47. The van der Waals surface area contributed by atoms with Crippen LogP contribution in [0.1, 0.15) is 49.7 Å². The number of halogens is 1. The van der Waals surface area contributed by atoms with Crippen molar-refractivity contribution in [2.45, 2.75) is 74.2 Å². The quantitative estimate of drug-likeness (QED) is 0.517. The van der Waals surface area contributed by atoms with Crippen molar-refractivity contribution in [2.75, 3.05) is 13.1 Å². The predicted molar refractivity (Wildman–Crippen MR) is 99.0 cm³/mol. The summed E-state index contributed by atoms with van der Waals surface area (Å²) >= 11 is 0. The number of aliphatic hydroxyl groups is 2. The Kier molecular flexibility index (Phi) is 4.68. The van der Waals surface area contributed by atoms with Gasteiger partial charge in [0, 0.05) is 18.2 Å². The highest BCUT2D eigenvalue weighted by Gasteiger charge is 2.72. The van der Waals surface area contributed by atoms with E-state index in [9.17, 15) is 15.3 Å². The Balaban J connectivity index is 0.000000961. The van der Waals surface area contributed by atoms with Crippen molar-refractivity contribution in [1.29, 1.82) is 0 Å². The largest absolute Gasteiger partial charge is 1.00 e. The van der Waals surface area contributed by atoms with Crippen molar-refractivity contribution >= 4 is 0 Å². The summed E-state index contributed by atoms with van der Waals surface area (Å²) in [6.07, 6.45) is 5.68. The monoisotopic (exact) mass is 410 g/mol. The smallest absolute Gasteiger partial charge is 0.165 e. The molecular weight excluding hydrogens is 382 g/mol. The van der Waals surface area contributed by atoms with Gasteiger partial charge in [-0.3, -0.25) is 4.90 Å². The molecule has 1 spiro atoms. The summed E-state index contributed by atoms with van der Waals surface area (Å²) in [7, 11) is 0. The number of nitrogens with zero attached hydrogens (tertiary/aromatic N) is 1. The second-order valence-corrected chi connectivity index (χ2v) is 9.25. The molecule has 2 saturated carbocycles. The Morgan fingerprint density at radius 1 is 1.18 bits per heavy atom. The Hall–Kier alpha value is -1.05. The van der Waals surface area contributed by atoms with E-state index >= 15 is 0 Å². The summed E-state index contributed by atoms with van der Waals surface area (Å²) in [4.78, 5) is 2.53. The highest BCUT2D eigenvalue weighted by atomic mass is 35.5. The van der Waals surface area contributed by atoms with Gasteiger partial charge in [0.1, 0.15) is 6.10 Å². The van der Waals surface area contributed by atoms with Gasteiger partial charge in [0.05, 0.1) is 17.1 Å². The fourth-order valence-corrected chi connectivity index (χ4v) is 6.83. The van der Waals surface area contributed by atoms with Gasteiger partial charge >= 0.3 is 0 Å². The molecule has 5 N–H and O–H groups in total. The van der Waals surface area contributed by atoms with Crippen LogP contribution in [0.4, 0.5) is 0 Å². The van der Waals surface area contributed by atoms with Crippen molar-refractivity contribution in [3.63, 3.8) is 0 Å². The van der Waals surface area contributed by atoms with Gasteiger partial charge in [-0.05, 0) is 62.6 Å². The van der Waals surface area contributed by atoms with Gasteiger partial charge in [-0.1, -0.05) is 12.5 Å². The number of hydrogen-bond acceptors (Lipinski definition) is 5. The Labute approximate surface area is 171 Å². The minimum atomic E-state index is -0.884. The zero-order valence-corrected chi connectivity index (χ0v) is 16.7. The van der Waals surface area contributed by atoms with Crippen LogP contribution in [0.2, 0.25) is 0 Å². The van der Waals surface area contributed by atoms with Gasteiger partial charge in [-0.2, -0.15) is 0 Å². The van der Waals surface area contributed by atoms with E-state index in [0.717, 1.165) is 37.4 Å². The van der Waals surface area contributed by atoms with Gasteiger partial charge in [0.25, 0.3) is 0 Å². The first kappa shape index (κ1) is 20.2. The van der Waals surface area contributed by atoms with E-state index in [1.807, 2.05) is 6.07 Å². The van der Waals surface area contributed by atoms with Crippen molar-refractivity contribution in [3.05, 3.63) is 23.3 Å². The van der Waals surface area contributed by atoms with Crippen LogP contribution < -0.4 is 17.1 Å². The number of phenolic OH excluding ortho intramolecular Hbond substituents is 1. The van der Waals surface area contributed by atoms with Crippen molar-refractivity contribution in [1.82, 2.24) is 4.90 Å². The van der Waals surface area contributed by atoms with Crippen LogP contribution in [-0.2, 0) is 11.8 Å². The van der Waals surface area contributed by atoms with Crippen LogP contribution in [0.15, 0.2) is 12.1 Å². The molecule has 3 aliphatic carbocycles. The molecule has 2 bridgehead atoms. The number of aromatic hydroxyl groups is 1. The molecule has 0 radical (unpaired) electrons. The number of rotatable bonds is 2. The molecule has 1 aromatic rings. The number of piperidine rings is 1. The molecule has 3 unspecified atom stereocenters. The molecule has 156 valence electrons. The molecule has 0 amide bonds. The van der Waals surface area contributed by atoms with Gasteiger partial charge in [0.2, 0.25) is 0 Å². The SMILES string of the molecule is O.Oc1ccc2c3c1OC1C(O)CC[C@@]4(O)C(C2)N(CC2CCC2)CC[C@]314.[Cl-]. The van der Waals surface area contributed by atoms with Crippen LogP contribution in [0.25, 0.3) is 0 Å². The van der Waals surface area contributed by atoms with E-state index in [4.69, 9.17) is 4.74 Å². The fourth-order valence-electron chi connectivity index (χ4n) is 6.83. The Bertz CT molecular complexity index is 786. The highest BCUT2D eigenvalue weighted by Crippen LogP contribution is 2.65. The van der Waals surface area contributed by atoms with Gasteiger partial charge in [0.15, 0.2) is 11.5 Å². The number of ether oxygens (including phenoxy) is 1. The minimum Gasteiger partial charge on any atom is -1.00 e. The van der Waals surface area contributed by atoms with Gasteiger partial charge < -0.3 is 37.9 Å². The number of hydrogen-bond donors (Lipinski definition) is 3. The summed E-state index contributed by atoms with van der Waals surface area (Å²) < 4.78 is 6.16. The lowest BCUT2D eigenvalue weighted by Crippen LogP contribution is -3.00. The number of benzene rings is 1. The molecular formula is C21H29ClNO5-. The maximum atomic E-state index is 12.1. The Morgan fingerprint density at radius 3 is 2.68 bits per heavy atom. The summed E-state index contributed by atoms with van der Waals surface area (Å²) in [6.45, 7) is 2.02. The van der Waals surface area contributed by atoms with Gasteiger partial charge in [-0.25, -0.2) is 0 Å². The molecule has 2 aliphatic heterocycles. The summed E-state index contributed by atoms with van der Waals surface area (Å²) in [5.41, 5.74) is 0.712. The molecule has 6 nitrogen and oxygen atoms in total. The predicted octanol–water partition coefficient (Wildman–Crippen LogP) is -2.11. The average Bonchev–Trinajstić information content (AvgIpc) is 2.93. The third-order valence-corrected chi connectivity index (χ3v) is 8.26. The summed E-state index contributed by atoms with van der Waals surface area (Å²) in [5.74, 6) is 1.42. The van der Waals surface area contributed by atoms with Crippen molar-refractivity contribution < 1.29 is 37.9 Å². The lowest BCUT2D eigenvalue weighted by molar-refractivity contribution is -0.209. The first-order valence-corrected chi connectivity index (χ1v) is 10.2. The molecule has 5 aliphatic rings. The van der Waals surface area contributed by atoms with Crippen LogP contribution >= 0.6 is 0 Å². The minimum absolute atomic E-state index is 0. The number of phenols is 1. The fraction of sp³-hybridized carbons (Fsp3) is 0.714. The molecule has 5 atom stereocenters. The van der Waals surface area contributed by atoms with Crippen molar-refractivity contribution in [3.8, 4) is 11.5 Å². The maximum absolute atomic E-state index is 12.1. The van der Waals surface area contributed by atoms with E-state index in [2.05, 4.69) is 4.90 Å². The van der Waals surface area contributed by atoms with E-state index in [1.54, 1.807) is 6.07 Å². The standard InChI is InChI=1S/C21H27NO4.ClH.H2O/c23-14-5-4-13-10-16-21(25)7-6-15(24)19-20(21,17(13)18(14)26-19)8-9-22(16)11-12-2-1-3-12;;/h4-5,12,15-16,19,23-25H,1-3,6-11H2;1H;1H2/p-1/t15?,16?,19?,20-,21+;;/m0../s1. The second-order valence-electron chi connectivity index (χ2n) is 9.25. The molecule has 28 heavy (non-hydrogen) atoms. The van der Waals surface area contributed by atoms with Crippen LogP contribution in [-0.4, -0.2) is 62.6 Å². The molecule has 0 aromatic heterocycles. The van der Waals surface area contributed by atoms with Crippen molar-refractivity contribution in [2.24, 2.45) is 5.92 Å². The number of aliphatic hydroxyl groups excluding tert-OH is 1. The highest BCUT2D eigenvalue weighted by molar-refractivity contribution is 5.62. The third kappa shape index (κ3) is 2.18. The molecule has 1 aromatic carbocycles. The lowest BCUT2D eigenvalue weighted by atomic mass is 9.48. The van der Waals surface area contributed by atoms with Crippen LogP contribution in [0.3, 0.4) is 0 Å². The average molecular weight is 411 g/mol. The normalized spacial score (nSPS) is 40.4. The maximum Gasteiger partial charge on any atom is 0.165 e. The lowest BCUT2D eigenvalue weighted by Gasteiger charge is -2.64. The molecule has 6 rings (SSSR count). The zero-order chi connectivity index (χ0) is 17.7. The topological polar surface area (TPSA) is 105 Å². The molecule has 2 heterocycles. The third-order valence-electron chi connectivity index (χ3n) is 8.26. The van der Waals surface area contributed by atoms with E-state index < -0.39 is 23.2 Å². The molecule has 3 fully saturated rings. The Morgan fingerprint density at radius 2 is 1.96 bits per heavy atom. The number of likely N-dealkylation sites (tertiary alicyclic amines) is 1. The van der Waals surface area contributed by atoms with E-state index in [0.29, 0.717) is 18.6 Å². The summed E-state index contributed by atoms with van der Waals surface area (Å²) in [6, 6.07) is 3.80. The molecule has 1 saturated heterocycles. The van der Waals surface area contributed by atoms with Crippen LogP contribution in [0, 0.1) is 5.92 Å².